The van der Waals surface area contributed by atoms with E-state index in [1.165, 1.54) is 30.3 Å². The van der Waals surface area contributed by atoms with Gasteiger partial charge >= 0.3 is 5.97 Å². The molecule has 0 fully saturated rings. The van der Waals surface area contributed by atoms with Crippen molar-refractivity contribution < 1.29 is 20.1 Å². The van der Waals surface area contributed by atoms with Crippen molar-refractivity contribution in [3.8, 4) is 11.5 Å². The van der Waals surface area contributed by atoms with Gasteiger partial charge in [-0.15, -0.1) is 0 Å². The Hall–Kier alpha value is -2.89. The van der Waals surface area contributed by atoms with Crippen molar-refractivity contribution in [1.82, 2.24) is 0 Å². The summed E-state index contributed by atoms with van der Waals surface area (Å²) in [5.41, 5.74) is 0.559. The number of aromatic hydroxyl groups is 2. The normalized spacial score (nSPS) is 10.7. The number of hydrogen-bond donors (Lipinski definition) is 3. The number of carboxylic acids is 1. The zero-order valence-corrected chi connectivity index (χ0v) is 9.69. The molecule has 0 bridgehead atoms. The Morgan fingerprint density at radius 1 is 0.947 bits per heavy atom. The number of rotatable bonds is 3. The Morgan fingerprint density at radius 2 is 1.63 bits per heavy atom. The van der Waals surface area contributed by atoms with Crippen LogP contribution in [0.5, 0.6) is 11.5 Å². The van der Waals surface area contributed by atoms with Crippen LogP contribution >= 0.6 is 0 Å². The van der Waals surface area contributed by atoms with Gasteiger partial charge < -0.3 is 15.3 Å². The Balaban J connectivity index is 2.24. The number of azo groups is 1. The highest BCUT2D eigenvalue weighted by Crippen LogP contribution is 2.26. The van der Waals surface area contributed by atoms with Crippen LogP contribution in [0.4, 0.5) is 11.4 Å². The van der Waals surface area contributed by atoms with Gasteiger partial charge in [0.15, 0.2) is 0 Å². The number of benzene rings is 2. The fourth-order valence-corrected chi connectivity index (χ4v) is 1.43. The Kier molecular flexibility index (Phi) is 3.42. The monoisotopic (exact) mass is 258 g/mol. The first-order valence-electron chi connectivity index (χ1n) is 5.33. The maximum absolute atomic E-state index is 10.7. The lowest BCUT2D eigenvalue weighted by molar-refractivity contribution is 0.0694. The average Bonchev–Trinajstić information content (AvgIpc) is 2.36. The summed E-state index contributed by atoms with van der Waals surface area (Å²) in [5, 5.41) is 35.2. The summed E-state index contributed by atoms with van der Waals surface area (Å²) in [5.74, 6) is -1.52. The lowest BCUT2D eigenvalue weighted by Crippen LogP contribution is -1.95. The lowest BCUT2D eigenvalue weighted by Gasteiger charge is -1.99. The van der Waals surface area contributed by atoms with Gasteiger partial charge in [0, 0.05) is 12.1 Å². The summed E-state index contributed by atoms with van der Waals surface area (Å²) >= 11 is 0. The molecule has 0 radical (unpaired) electrons. The van der Waals surface area contributed by atoms with Crippen LogP contribution in [0, 0.1) is 0 Å². The van der Waals surface area contributed by atoms with Crippen molar-refractivity contribution in [1.29, 1.82) is 0 Å². The molecule has 2 aromatic carbocycles. The van der Waals surface area contributed by atoms with Crippen molar-refractivity contribution in [2.24, 2.45) is 10.2 Å². The highest BCUT2D eigenvalue weighted by Gasteiger charge is 2.09. The fraction of sp³-hybridized carbons (Fsp3) is 0. The maximum Gasteiger partial charge on any atom is 0.339 e. The minimum atomic E-state index is -1.21. The van der Waals surface area contributed by atoms with Crippen LogP contribution in [-0.4, -0.2) is 21.3 Å². The first-order valence-corrected chi connectivity index (χ1v) is 5.33. The molecule has 0 unspecified atom stereocenters. The number of aromatic carboxylic acids is 1. The maximum atomic E-state index is 10.7. The Bertz CT molecular complexity index is 653. The molecule has 0 aliphatic carbocycles. The van der Waals surface area contributed by atoms with E-state index in [4.69, 9.17) is 5.11 Å². The minimum Gasteiger partial charge on any atom is -0.508 e. The van der Waals surface area contributed by atoms with Crippen LogP contribution in [0.15, 0.2) is 52.7 Å². The summed E-state index contributed by atoms with van der Waals surface area (Å²) in [4.78, 5) is 10.7. The zero-order chi connectivity index (χ0) is 13.8. The van der Waals surface area contributed by atoms with Gasteiger partial charge in [-0.05, 0) is 24.3 Å². The quantitative estimate of drug-likeness (QED) is 0.735. The second kappa shape index (κ2) is 5.18. The standard InChI is InChI=1S/C13H10N2O4/c16-10-3-1-2-8(6-10)14-15-9-4-5-11(13(18)19)12(17)7-9/h1-7,16-17H,(H,18,19). The molecule has 0 aliphatic rings. The largest absolute Gasteiger partial charge is 0.508 e. The molecule has 0 heterocycles. The van der Waals surface area contributed by atoms with Crippen molar-refractivity contribution in [3.05, 3.63) is 48.0 Å². The first kappa shape index (κ1) is 12.6. The zero-order valence-electron chi connectivity index (χ0n) is 9.69. The van der Waals surface area contributed by atoms with Gasteiger partial charge in [0.1, 0.15) is 17.1 Å². The molecule has 96 valence electrons. The Morgan fingerprint density at radius 3 is 2.21 bits per heavy atom. The number of nitrogens with zero attached hydrogens (tertiary/aromatic N) is 2. The fourth-order valence-electron chi connectivity index (χ4n) is 1.43. The first-order chi connectivity index (χ1) is 9.06. The van der Waals surface area contributed by atoms with Crippen molar-refractivity contribution >= 4 is 17.3 Å². The van der Waals surface area contributed by atoms with E-state index in [1.54, 1.807) is 12.1 Å². The smallest absolute Gasteiger partial charge is 0.339 e. The Labute approximate surface area is 108 Å². The number of phenols is 2. The van der Waals surface area contributed by atoms with E-state index in [0.717, 1.165) is 0 Å². The topological polar surface area (TPSA) is 102 Å². The van der Waals surface area contributed by atoms with Gasteiger partial charge in [-0.1, -0.05) is 6.07 Å². The van der Waals surface area contributed by atoms with Gasteiger partial charge in [0.2, 0.25) is 0 Å². The van der Waals surface area contributed by atoms with Gasteiger partial charge in [0.05, 0.1) is 11.4 Å². The van der Waals surface area contributed by atoms with Gasteiger partial charge in [-0.25, -0.2) is 4.79 Å². The summed E-state index contributed by atoms with van der Waals surface area (Å²) < 4.78 is 0. The molecule has 19 heavy (non-hydrogen) atoms. The molecule has 6 nitrogen and oxygen atoms in total. The van der Waals surface area contributed by atoms with Crippen LogP contribution in [0.25, 0.3) is 0 Å². The van der Waals surface area contributed by atoms with Crippen LogP contribution in [0.3, 0.4) is 0 Å². The van der Waals surface area contributed by atoms with E-state index in [9.17, 15) is 15.0 Å². The number of carboxylic acid groups (broad SMARTS) is 1. The molecule has 0 amide bonds. The van der Waals surface area contributed by atoms with Gasteiger partial charge in [-0.3, -0.25) is 0 Å². The van der Waals surface area contributed by atoms with E-state index in [-0.39, 0.29) is 17.1 Å². The number of phenolic OH excluding ortho intramolecular Hbond substituents is 1. The van der Waals surface area contributed by atoms with Crippen LogP contribution in [-0.2, 0) is 0 Å². The van der Waals surface area contributed by atoms with Crippen LogP contribution in [0.1, 0.15) is 10.4 Å². The molecular formula is C13H10N2O4. The summed E-state index contributed by atoms with van der Waals surface area (Å²) in [6.45, 7) is 0. The van der Waals surface area contributed by atoms with E-state index in [0.29, 0.717) is 11.4 Å². The van der Waals surface area contributed by atoms with Gasteiger partial charge in [-0.2, -0.15) is 10.2 Å². The van der Waals surface area contributed by atoms with E-state index in [2.05, 4.69) is 10.2 Å². The van der Waals surface area contributed by atoms with E-state index in [1.807, 2.05) is 0 Å². The lowest BCUT2D eigenvalue weighted by atomic mass is 10.2. The molecule has 2 aromatic rings. The summed E-state index contributed by atoms with van der Waals surface area (Å²) in [6.07, 6.45) is 0. The molecular weight excluding hydrogens is 248 g/mol. The molecule has 0 atom stereocenters. The highest BCUT2D eigenvalue weighted by molar-refractivity contribution is 5.91. The number of carbonyl (C=O) groups is 1. The van der Waals surface area contributed by atoms with Crippen molar-refractivity contribution in [2.75, 3.05) is 0 Å². The minimum absolute atomic E-state index is 0.0699. The molecule has 0 spiro atoms. The van der Waals surface area contributed by atoms with Crippen molar-refractivity contribution in [3.63, 3.8) is 0 Å². The predicted molar refractivity (Wildman–Crippen MR) is 67.3 cm³/mol. The molecule has 6 heteroatoms. The van der Waals surface area contributed by atoms with Gasteiger partial charge in [0.25, 0.3) is 0 Å². The second-order valence-electron chi connectivity index (χ2n) is 3.73. The third-order valence-electron chi connectivity index (χ3n) is 2.32. The molecule has 0 saturated heterocycles. The predicted octanol–water partition coefficient (Wildman–Crippen LogP) is 3.21. The summed E-state index contributed by atoms with van der Waals surface area (Å²) in [7, 11) is 0. The molecule has 0 saturated carbocycles. The van der Waals surface area contributed by atoms with Crippen LogP contribution in [0.2, 0.25) is 0 Å². The summed E-state index contributed by atoms with van der Waals surface area (Å²) in [6, 6.07) is 10.1. The second-order valence-corrected chi connectivity index (χ2v) is 3.73. The van der Waals surface area contributed by atoms with Crippen LogP contribution < -0.4 is 0 Å². The average molecular weight is 258 g/mol. The molecule has 2 rings (SSSR count). The molecule has 0 aliphatic heterocycles. The molecule has 3 N–H and O–H groups in total. The molecule has 0 aromatic heterocycles. The SMILES string of the molecule is O=C(O)c1ccc(N=Nc2cccc(O)c2)cc1O. The highest BCUT2D eigenvalue weighted by atomic mass is 16.4. The van der Waals surface area contributed by atoms with E-state index < -0.39 is 5.97 Å². The number of hydrogen-bond acceptors (Lipinski definition) is 5. The van der Waals surface area contributed by atoms with E-state index >= 15 is 0 Å². The third kappa shape index (κ3) is 3.06. The van der Waals surface area contributed by atoms with Crippen molar-refractivity contribution in [2.45, 2.75) is 0 Å². The third-order valence-corrected chi connectivity index (χ3v) is 2.32.